The fraction of sp³-hybridized carbons (Fsp3) is 0.444. The number of aryl methyl sites for hydroxylation is 1. The number of hydrogen-bond donors (Lipinski definition) is 2. The number of fused-ring (bicyclic) bond motifs is 1. The fourth-order valence-corrected chi connectivity index (χ4v) is 5.25. The summed E-state index contributed by atoms with van der Waals surface area (Å²) in [5, 5.41) is 14.6. The number of phenolic OH excluding ortho intramolecular Hbond substituents is 1. The van der Waals surface area contributed by atoms with Crippen LogP contribution in [0, 0.1) is 12.8 Å². The number of nitrogens with one attached hydrogen (secondary N) is 1. The molecule has 2 fully saturated rings. The zero-order valence-electron chi connectivity index (χ0n) is 19.3. The maximum absolute atomic E-state index is 12.5. The fourth-order valence-electron chi connectivity index (χ4n) is 5.25. The number of rotatable bonds is 6. The molecule has 0 spiro atoms. The molecule has 33 heavy (non-hydrogen) atoms. The summed E-state index contributed by atoms with van der Waals surface area (Å²) >= 11 is 0. The van der Waals surface area contributed by atoms with Gasteiger partial charge in [0, 0.05) is 35.2 Å². The third-order valence-electron chi connectivity index (χ3n) is 7.08. The van der Waals surface area contributed by atoms with Crippen molar-refractivity contribution < 1.29 is 14.2 Å². The number of benzene rings is 2. The van der Waals surface area contributed by atoms with E-state index in [4.69, 9.17) is 9.97 Å². The van der Waals surface area contributed by atoms with Crippen LogP contribution < -0.4 is 10.2 Å². The molecule has 178 valence electrons. The van der Waals surface area contributed by atoms with E-state index in [0.29, 0.717) is 17.8 Å². The molecule has 1 aliphatic heterocycles. The Morgan fingerprint density at radius 1 is 1.15 bits per heavy atom. The first-order valence-electron chi connectivity index (χ1n) is 12.2. The summed E-state index contributed by atoms with van der Waals surface area (Å²) < 4.78 is 0. The van der Waals surface area contributed by atoms with E-state index in [1.165, 1.54) is 25.7 Å². The highest BCUT2D eigenvalue weighted by Gasteiger charge is 2.27. The van der Waals surface area contributed by atoms with Crippen molar-refractivity contribution in [1.29, 1.82) is 0 Å². The van der Waals surface area contributed by atoms with Crippen LogP contribution in [-0.4, -0.2) is 40.1 Å². The van der Waals surface area contributed by atoms with E-state index < -0.39 is 0 Å². The van der Waals surface area contributed by atoms with Crippen molar-refractivity contribution in [3.05, 3.63) is 48.0 Å². The first kappa shape index (κ1) is 21.7. The normalized spacial score (nSPS) is 18.8. The van der Waals surface area contributed by atoms with Crippen LogP contribution in [0.3, 0.4) is 0 Å². The number of aromatic nitrogens is 2. The number of carbonyl (C=O) groups is 1. The van der Waals surface area contributed by atoms with Gasteiger partial charge in [-0.1, -0.05) is 43.9 Å². The van der Waals surface area contributed by atoms with Gasteiger partial charge in [0.25, 0.3) is 0 Å². The molecule has 2 N–H and O–H groups in total. The molecule has 5 rings (SSSR count). The summed E-state index contributed by atoms with van der Waals surface area (Å²) in [7, 11) is 0. The summed E-state index contributed by atoms with van der Waals surface area (Å²) in [5.74, 6) is 2.46. The van der Waals surface area contributed by atoms with Crippen LogP contribution in [0.5, 0.6) is 5.75 Å². The van der Waals surface area contributed by atoms with Gasteiger partial charge >= 0.3 is 0 Å². The SMILES string of the molecule is Cc1ccc2c(N3CC[C@@H](NC(=O)CCC4CCCC4)C3)nc(-c3ccccc3O)nc2c1.[HH].[HH].[HH]. The van der Waals surface area contributed by atoms with E-state index >= 15 is 0 Å². The molecule has 1 aliphatic carbocycles. The highest BCUT2D eigenvalue weighted by Crippen LogP contribution is 2.33. The van der Waals surface area contributed by atoms with Gasteiger partial charge in [0.05, 0.1) is 11.1 Å². The van der Waals surface area contributed by atoms with Crippen molar-refractivity contribution in [3.8, 4) is 17.1 Å². The number of para-hydroxylation sites is 1. The van der Waals surface area contributed by atoms with Crippen LogP contribution in [-0.2, 0) is 4.79 Å². The zero-order valence-corrected chi connectivity index (χ0v) is 19.3. The van der Waals surface area contributed by atoms with Crippen LogP contribution in [0.1, 0.15) is 54.8 Å². The molecule has 2 aliphatic rings. The lowest BCUT2D eigenvalue weighted by Gasteiger charge is -2.21. The minimum atomic E-state index is 0. The predicted molar refractivity (Wildman–Crippen MR) is 138 cm³/mol. The van der Waals surface area contributed by atoms with Crippen LogP contribution in [0.2, 0.25) is 0 Å². The highest BCUT2D eigenvalue weighted by atomic mass is 16.3. The Labute approximate surface area is 199 Å². The Bertz CT molecular complexity index is 1170. The van der Waals surface area contributed by atoms with E-state index in [0.717, 1.165) is 54.1 Å². The lowest BCUT2D eigenvalue weighted by Crippen LogP contribution is -2.37. The molecule has 2 aromatic carbocycles. The van der Waals surface area contributed by atoms with Crippen molar-refractivity contribution >= 4 is 22.6 Å². The quantitative estimate of drug-likeness (QED) is 0.503. The van der Waals surface area contributed by atoms with Gasteiger partial charge in [-0.05, 0) is 55.5 Å². The van der Waals surface area contributed by atoms with Crippen LogP contribution in [0.15, 0.2) is 42.5 Å². The Kier molecular flexibility index (Phi) is 6.16. The smallest absolute Gasteiger partial charge is 0.220 e. The molecule has 1 atom stereocenters. The Hall–Kier alpha value is -3.15. The molecular weight excluding hydrogens is 412 g/mol. The molecule has 0 bridgehead atoms. The van der Waals surface area contributed by atoms with Crippen molar-refractivity contribution in [3.63, 3.8) is 0 Å². The highest BCUT2D eigenvalue weighted by molar-refractivity contribution is 5.92. The second-order valence-electron chi connectivity index (χ2n) is 9.60. The van der Waals surface area contributed by atoms with E-state index in [2.05, 4.69) is 28.4 Å². The number of carbonyl (C=O) groups excluding carboxylic acids is 1. The van der Waals surface area contributed by atoms with Gasteiger partial charge in [-0.25, -0.2) is 9.97 Å². The maximum Gasteiger partial charge on any atom is 0.220 e. The summed E-state index contributed by atoms with van der Waals surface area (Å²) in [5.41, 5.74) is 2.62. The Morgan fingerprint density at radius 2 is 1.97 bits per heavy atom. The number of hydrogen-bond acceptors (Lipinski definition) is 5. The van der Waals surface area contributed by atoms with Gasteiger partial charge in [-0.2, -0.15) is 0 Å². The summed E-state index contributed by atoms with van der Waals surface area (Å²) in [6.07, 6.45) is 7.75. The number of nitrogens with zero attached hydrogens (tertiary/aromatic N) is 3. The largest absolute Gasteiger partial charge is 0.507 e. The Balaban J connectivity index is 0.00000152. The van der Waals surface area contributed by atoms with Crippen molar-refractivity contribution in [2.75, 3.05) is 18.0 Å². The first-order valence-corrected chi connectivity index (χ1v) is 12.2. The summed E-state index contributed by atoms with van der Waals surface area (Å²) in [6, 6.07) is 13.5. The molecular formula is C27H38N4O2. The molecule has 6 heteroatoms. The van der Waals surface area contributed by atoms with Crippen molar-refractivity contribution in [1.82, 2.24) is 15.3 Å². The molecule has 1 saturated heterocycles. The Morgan fingerprint density at radius 3 is 2.79 bits per heavy atom. The van der Waals surface area contributed by atoms with Gasteiger partial charge in [0.2, 0.25) is 5.91 Å². The second kappa shape index (κ2) is 9.38. The van der Waals surface area contributed by atoms with Crippen LogP contribution in [0.25, 0.3) is 22.3 Å². The van der Waals surface area contributed by atoms with Crippen LogP contribution >= 0.6 is 0 Å². The van der Waals surface area contributed by atoms with E-state index in [1.807, 2.05) is 19.1 Å². The minimum Gasteiger partial charge on any atom is -0.507 e. The molecule has 0 radical (unpaired) electrons. The maximum atomic E-state index is 12.5. The number of aromatic hydroxyl groups is 1. The second-order valence-corrected chi connectivity index (χ2v) is 9.60. The first-order chi connectivity index (χ1) is 16.1. The lowest BCUT2D eigenvalue weighted by atomic mass is 10.0. The van der Waals surface area contributed by atoms with E-state index in [-0.39, 0.29) is 22.0 Å². The van der Waals surface area contributed by atoms with Gasteiger partial charge in [0.15, 0.2) is 5.82 Å². The third kappa shape index (κ3) is 4.80. The summed E-state index contributed by atoms with van der Waals surface area (Å²) in [6.45, 7) is 3.61. The third-order valence-corrected chi connectivity index (χ3v) is 7.08. The average Bonchev–Trinajstić information content (AvgIpc) is 3.49. The van der Waals surface area contributed by atoms with Gasteiger partial charge < -0.3 is 15.3 Å². The molecule has 2 heterocycles. The van der Waals surface area contributed by atoms with E-state index in [1.54, 1.807) is 12.1 Å². The predicted octanol–water partition coefficient (Wildman–Crippen LogP) is 5.71. The molecule has 6 nitrogen and oxygen atoms in total. The molecule has 1 saturated carbocycles. The standard InChI is InChI=1S/C27H32N4O2.3H2/c1-18-10-12-21-23(16-18)29-26(22-8-4-5-9-24(22)32)30-27(21)31-15-14-20(17-31)28-25(33)13-11-19-6-2-3-7-19;;;/h4-5,8-10,12,16,19-20,32H,2-3,6-7,11,13-15,17H2,1H3,(H,28,33);3*1H/t20-;;;/m1.../s1. The van der Waals surface area contributed by atoms with Gasteiger partial charge in [-0.3, -0.25) is 4.79 Å². The van der Waals surface area contributed by atoms with Gasteiger partial charge in [-0.15, -0.1) is 0 Å². The summed E-state index contributed by atoms with van der Waals surface area (Å²) in [4.78, 5) is 24.4. The monoisotopic (exact) mass is 450 g/mol. The number of anilines is 1. The topological polar surface area (TPSA) is 78.4 Å². The zero-order chi connectivity index (χ0) is 22.8. The number of amides is 1. The van der Waals surface area contributed by atoms with Crippen molar-refractivity contribution in [2.24, 2.45) is 5.92 Å². The molecule has 1 aromatic heterocycles. The molecule has 0 unspecified atom stereocenters. The average molecular weight is 451 g/mol. The molecule has 3 aromatic rings. The van der Waals surface area contributed by atoms with Gasteiger partial charge in [0.1, 0.15) is 11.6 Å². The molecule has 1 amide bonds. The lowest BCUT2D eigenvalue weighted by molar-refractivity contribution is -0.121. The van der Waals surface area contributed by atoms with Crippen molar-refractivity contribution in [2.45, 2.75) is 57.9 Å². The van der Waals surface area contributed by atoms with Crippen LogP contribution in [0.4, 0.5) is 5.82 Å². The number of phenols is 1. The van der Waals surface area contributed by atoms with E-state index in [9.17, 15) is 9.90 Å². The minimum absolute atomic E-state index is 0.